The fraction of sp³-hybridized carbons (Fsp3) is 0.514. The van der Waals surface area contributed by atoms with Crippen molar-refractivity contribution in [3.05, 3.63) is 65.5 Å². The maximum atomic E-state index is 13.2. The molecule has 9 nitrogen and oxygen atoms in total. The zero-order valence-electron chi connectivity index (χ0n) is 28.2. The van der Waals surface area contributed by atoms with Crippen LogP contribution in [0.4, 0.5) is 10.1 Å². The highest BCUT2D eigenvalue weighted by Crippen LogP contribution is 2.24. The Morgan fingerprint density at radius 2 is 1.69 bits per heavy atom. The normalized spacial score (nSPS) is 16.2. The van der Waals surface area contributed by atoms with Crippen LogP contribution < -0.4 is 10.6 Å². The third kappa shape index (κ3) is 13.9. The van der Waals surface area contributed by atoms with Crippen molar-refractivity contribution in [1.82, 2.24) is 15.1 Å². The molecule has 1 aliphatic heterocycles. The van der Waals surface area contributed by atoms with Crippen molar-refractivity contribution in [3.63, 3.8) is 0 Å². The lowest BCUT2D eigenvalue weighted by molar-refractivity contribution is -0.140. The molecule has 246 valence electrons. The van der Waals surface area contributed by atoms with Gasteiger partial charge in [0.1, 0.15) is 24.2 Å². The Balaban J connectivity index is 0.000000644. The summed E-state index contributed by atoms with van der Waals surface area (Å²) in [5, 5.41) is 15.1. The number of aldehydes is 1. The van der Waals surface area contributed by atoms with E-state index in [0.29, 0.717) is 6.42 Å². The van der Waals surface area contributed by atoms with Crippen LogP contribution in [0.15, 0.2) is 48.5 Å². The van der Waals surface area contributed by atoms with Crippen molar-refractivity contribution in [1.29, 1.82) is 5.26 Å². The van der Waals surface area contributed by atoms with Gasteiger partial charge in [-0.1, -0.05) is 59.7 Å². The second-order valence-electron chi connectivity index (χ2n) is 13.1. The molecule has 3 amide bonds. The number of hydrogen-bond acceptors (Lipinski definition) is 6. The Morgan fingerprint density at radius 3 is 2.16 bits per heavy atom. The number of para-hydroxylation sites is 1. The first kappa shape index (κ1) is 38.8. The molecule has 1 fully saturated rings. The maximum Gasteiger partial charge on any atom is 0.251 e. The van der Waals surface area contributed by atoms with Crippen molar-refractivity contribution in [2.45, 2.75) is 73.4 Å². The van der Waals surface area contributed by atoms with Crippen LogP contribution in [-0.2, 0) is 14.4 Å². The SMILES string of the molecule is CC(C)C.CN(CC(=O)N1CC(C=O)CC1C#N)C(=O)C(CC(C)(C)C)NC(=O)c1ccc(F)cc1.CNc1ccccc1C. The number of aryl methyl sites for hydroxylation is 1. The number of likely N-dealkylation sites (tertiary alicyclic amines) is 1. The van der Waals surface area contributed by atoms with Gasteiger partial charge >= 0.3 is 0 Å². The number of anilines is 1. The van der Waals surface area contributed by atoms with Crippen LogP contribution in [0.25, 0.3) is 0 Å². The lowest BCUT2D eigenvalue weighted by atomic mass is 9.87. The van der Waals surface area contributed by atoms with E-state index in [1.54, 1.807) is 0 Å². The molecule has 2 aromatic rings. The minimum absolute atomic E-state index is 0.148. The number of benzene rings is 2. The monoisotopic (exact) mass is 623 g/mol. The van der Waals surface area contributed by atoms with Crippen LogP contribution in [0.2, 0.25) is 0 Å². The zero-order valence-corrected chi connectivity index (χ0v) is 28.2. The molecule has 0 spiro atoms. The molecule has 10 heteroatoms. The Bertz CT molecular complexity index is 1300. The summed E-state index contributed by atoms with van der Waals surface area (Å²) < 4.78 is 13.2. The predicted molar refractivity (Wildman–Crippen MR) is 176 cm³/mol. The molecule has 2 N–H and O–H groups in total. The van der Waals surface area contributed by atoms with E-state index in [-0.39, 0.29) is 30.5 Å². The molecule has 1 heterocycles. The highest BCUT2D eigenvalue weighted by Gasteiger charge is 2.36. The fourth-order valence-corrected chi connectivity index (χ4v) is 4.51. The number of likely N-dealkylation sites (N-methyl/N-ethyl adjacent to an activating group) is 1. The van der Waals surface area contributed by atoms with E-state index in [1.807, 2.05) is 46.0 Å². The van der Waals surface area contributed by atoms with Crippen LogP contribution in [0.1, 0.15) is 70.3 Å². The molecule has 1 aliphatic rings. The molecule has 0 aliphatic carbocycles. The lowest BCUT2D eigenvalue weighted by Crippen LogP contribution is -2.51. The largest absolute Gasteiger partial charge is 0.388 e. The van der Waals surface area contributed by atoms with E-state index < -0.39 is 41.5 Å². The number of carbonyl (C=O) groups excluding carboxylic acids is 4. The second-order valence-corrected chi connectivity index (χ2v) is 13.1. The van der Waals surface area contributed by atoms with E-state index in [1.165, 1.54) is 40.2 Å². The molecule has 0 saturated carbocycles. The first-order valence-electron chi connectivity index (χ1n) is 15.2. The highest BCUT2D eigenvalue weighted by atomic mass is 19.1. The molecule has 1 saturated heterocycles. The summed E-state index contributed by atoms with van der Waals surface area (Å²) in [6.45, 7) is 14.2. The van der Waals surface area contributed by atoms with Gasteiger partial charge in [-0.05, 0) is 67.0 Å². The van der Waals surface area contributed by atoms with Crippen LogP contribution >= 0.6 is 0 Å². The van der Waals surface area contributed by atoms with Gasteiger partial charge in [-0.2, -0.15) is 5.26 Å². The van der Waals surface area contributed by atoms with E-state index in [0.717, 1.165) is 24.3 Å². The smallest absolute Gasteiger partial charge is 0.251 e. The van der Waals surface area contributed by atoms with Gasteiger partial charge in [0.25, 0.3) is 5.91 Å². The van der Waals surface area contributed by atoms with Gasteiger partial charge < -0.3 is 25.2 Å². The van der Waals surface area contributed by atoms with E-state index in [9.17, 15) is 28.8 Å². The summed E-state index contributed by atoms with van der Waals surface area (Å²) >= 11 is 0. The van der Waals surface area contributed by atoms with Gasteiger partial charge in [-0.25, -0.2) is 4.39 Å². The molecule has 3 unspecified atom stereocenters. The summed E-state index contributed by atoms with van der Waals surface area (Å²) in [6.07, 6.45) is 1.33. The molecule has 2 aromatic carbocycles. The van der Waals surface area contributed by atoms with Gasteiger partial charge in [0.05, 0.1) is 12.6 Å². The predicted octanol–water partition coefficient (Wildman–Crippen LogP) is 5.46. The van der Waals surface area contributed by atoms with Gasteiger partial charge in [-0.15, -0.1) is 0 Å². The van der Waals surface area contributed by atoms with Gasteiger partial charge in [0, 0.05) is 37.8 Å². The Labute approximate surface area is 268 Å². The van der Waals surface area contributed by atoms with E-state index >= 15 is 0 Å². The average Bonchev–Trinajstić information content (AvgIpc) is 3.40. The number of nitriles is 1. The van der Waals surface area contributed by atoms with Crippen molar-refractivity contribution < 1.29 is 23.6 Å². The van der Waals surface area contributed by atoms with E-state index in [4.69, 9.17) is 0 Å². The van der Waals surface area contributed by atoms with E-state index in [2.05, 4.69) is 50.5 Å². The maximum absolute atomic E-state index is 13.2. The van der Waals surface area contributed by atoms with Gasteiger partial charge in [0.15, 0.2) is 0 Å². The van der Waals surface area contributed by atoms with Crippen LogP contribution in [0.3, 0.4) is 0 Å². The molecular formula is C35H50FN5O4. The van der Waals surface area contributed by atoms with Crippen LogP contribution in [-0.4, -0.2) is 73.1 Å². The average molecular weight is 624 g/mol. The quantitative estimate of drug-likeness (QED) is 0.377. The number of nitrogens with zero attached hydrogens (tertiary/aromatic N) is 3. The van der Waals surface area contributed by atoms with Crippen molar-refractivity contribution in [3.8, 4) is 6.07 Å². The fourth-order valence-electron chi connectivity index (χ4n) is 4.51. The Morgan fingerprint density at radius 1 is 1.11 bits per heavy atom. The molecule has 3 rings (SSSR count). The molecule has 45 heavy (non-hydrogen) atoms. The number of halogens is 1. The number of hydrogen-bond donors (Lipinski definition) is 2. The van der Waals surface area contributed by atoms with Crippen molar-refractivity contribution >= 4 is 29.7 Å². The highest BCUT2D eigenvalue weighted by molar-refractivity contribution is 5.98. The third-order valence-electron chi connectivity index (χ3n) is 6.68. The van der Waals surface area contributed by atoms with Gasteiger partial charge in [0.2, 0.25) is 11.8 Å². The summed E-state index contributed by atoms with van der Waals surface area (Å²) in [4.78, 5) is 52.0. The molecule has 3 atom stereocenters. The standard InChI is InChI=1S/C23H29FN4O4.C8H11N.C4H10/c1-23(2,3)10-19(26-21(31)16-5-7-17(24)8-6-16)22(32)27(4)13-20(30)28-12-15(14-29)9-18(28)11-25;1-7-5-3-4-6-8(7)9-2;1-4(2)3/h5-8,14-15,18-19H,9-10,12-13H2,1-4H3,(H,26,31);3-6,9H,1-2H3;4H,1-3H3. The Hall–Kier alpha value is -4.26. The molecule has 0 aromatic heterocycles. The zero-order chi connectivity index (χ0) is 34.3. The molecule has 0 bridgehead atoms. The minimum atomic E-state index is -0.904. The number of rotatable bonds is 8. The second kappa shape index (κ2) is 18.5. The molecular weight excluding hydrogens is 573 g/mol. The topological polar surface area (TPSA) is 123 Å². The van der Waals surface area contributed by atoms with Crippen LogP contribution in [0, 0.1) is 41.3 Å². The van der Waals surface area contributed by atoms with Crippen molar-refractivity contribution in [2.75, 3.05) is 32.5 Å². The number of nitrogens with one attached hydrogen (secondary N) is 2. The molecule has 0 radical (unpaired) electrons. The van der Waals surface area contributed by atoms with Gasteiger partial charge in [-0.3, -0.25) is 14.4 Å². The summed E-state index contributed by atoms with van der Waals surface area (Å²) in [6, 6.07) is 13.6. The summed E-state index contributed by atoms with van der Waals surface area (Å²) in [5.41, 5.74) is 2.41. The third-order valence-corrected chi connectivity index (χ3v) is 6.68. The Kier molecular flexibility index (Phi) is 16.0. The summed E-state index contributed by atoms with van der Waals surface area (Å²) in [7, 11) is 3.39. The number of amides is 3. The first-order chi connectivity index (χ1) is 21.0. The summed E-state index contributed by atoms with van der Waals surface area (Å²) in [5.74, 6) is -1.45. The first-order valence-corrected chi connectivity index (χ1v) is 15.2. The minimum Gasteiger partial charge on any atom is -0.388 e. The van der Waals surface area contributed by atoms with Crippen molar-refractivity contribution in [2.24, 2.45) is 17.3 Å². The number of carbonyl (C=O) groups is 4. The van der Waals surface area contributed by atoms with Crippen LogP contribution in [0.5, 0.6) is 0 Å². The lowest BCUT2D eigenvalue weighted by Gasteiger charge is -2.30.